The molecule has 0 saturated heterocycles. The molecule has 27 heavy (non-hydrogen) atoms. The summed E-state index contributed by atoms with van der Waals surface area (Å²) in [4.78, 5) is 25.9. The normalized spacial score (nSPS) is 10.4. The molecule has 0 atom stereocenters. The van der Waals surface area contributed by atoms with E-state index in [0.29, 0.717) is 19.7 Å². The third-order valence-electron chi connectivity index (χ3n) is 4.28. The summed E-state index contributed by atoms with van der Waals surface area (Å²) >= 11 is 0. The van der Waals surface area contributed by atoms with Crippen LogP contribution in [0.5, 0.6) is 5.75 Å². The van der Waals surface area contributed by atoms with Gasteiger partial charge in [0.25, 0.3) is 0 Å². The van der Waals surface area contributed by atoms with Crippen molar-refractivity contribution in [2.75, 3.05) is 24.6 Å². The molecule has 144 valence electrons. The highest BCUT2D eigenvalue weighted by molar-refractivity contribution is 5.93. The number of amides is 2. The Morgan fingerprint density at radius 1 is 1.04 bits per heavy atom. The number of hydrogen-bond acceptors (Lipinski definition) is 3. The number of rotatable bonds is 8. The summed E-state index contributed by atoms with van der Waals surface area (Å²) in [5, 5.41) is 2.86. The van der Waals surface area contributed by atoms with E-state index in [-0.39, 0.29) is 18.2 Å². The number of carbonyl (C=O) groups excluding carboxylic acids is 2. The van der Waals surface area contributed by atoms with E-state index in [2.05, 4.69) is 17.4 Å². The van der Waals surface area contributed by atoms with Gasteiger partial charge in [-0.25, -0.2) is 0 Å². The molecular formula is C22H28N2O3. The van der Waals surface area contributed by atoms with Crippen molar-refractivity contribution in [3.63, 3.8) is 0 Å². The lowest BCUT2D eigenvalue weighted by Gasteiger charge is -2.25. The Hall–Kier alpha value is -2.82. The van der Waals surface area contributed by atoms with Crippen LogP contribution in [0.2, 0.25) is 0 Å². The summed E-state index contributed by atoms with van der Waals surface area (Å²) in [7, 11) is 0. The van der Waals surface area contributed by atoms with Crippen LogP contribution < -0.4 is 15.0 Å². The van der Waals surface area contributed by atoms with E-state index >= 15 is 0 Å². The Morgan fingerprint density at radius 3 is 2.26 bits per heavy atom. The summed E-state index contributed by atoms with van der Waals surface area (Å²) in [5.74, 6) is 0.622. The smallest absolute Gasteiger partial charge is 0.223 e. The molecule has 5 heteroatoms. The molecule has 1 N–H and O–H groups in total. The zero-order valence-corrected chi connectivity index (χ0v) is 16.5. The van der Waals surface area contributed by atoms with Gasteiger partial charge in [-0.05, 0) is 44.0 Å². The number of anilines is 1. The van der Waals surface area contributed by atoms with Crippen molar-refractivity contribution in [3.8, 4) is 5.75 Å². The first-order valence-corrected chi connectivity index (χ1v) is 9.19. The topological polar surface area (TPSA) is 58.6 Å². The van der Waals surface area contributed by atoms with Gasteiger partial charge < -0.3 is 15.0 Å². The molecule has 0 unspecified atom stereocenters. The number of nitrogens with zero attached hydrogens (tertiary/aromatic N) is 1. The second-order valence-corrected chi connectivity index (χ2v) is 6.68. The highest BCUT2D eigenvalue weighted by atomic mass is 16.5. The molecule has 2 amide bonds. The van der Waals surface area contributed by atoms with Gasteiger partial charge in [0.2, 0.25) is 11.8 Å². The van der Waals surface area contributed by atoms with Gasteiger partial charge in [-0.15, -0.1) is 0 Å². The van der Waals surface area contributed by atoms with Crippen LogP contribution in [-0.4, -0.2) is 31.5 Å². The zero-order valence-electron chi connectivity index (χ0n) is 16.5. The largest absolute Gasteiger partial charge is 0.493 e. The monoisotopic (exact) mass is 368 g/mol. The van der Waals surface area contributed by atoms with Crippen LogP contribution in [0.1, 0.15) is 30.0 Å². The standard InChI is InChI=1S/C22H28N2O3/c1-16-14-17(2)22(18(3)15-16)24(19(4)25)12-11-23-21(26)10-13-27-20-8-6-5-7-9-20/h5-9,14-15H,10-13H2,1-4H3,(H,23,26). The van der Waals surface area contributed by atoms with E-state index in [4.69, 9.17) is 4.74 Å². The second kappa shape index (κ2) is 9.76. The Morgan fingerprint density at radius 2 is 1.67 bits per heavy atom. The number of carbonyl (C=O) groups is 2. The highest BCUT2D eigenvalue weighted by Gasteiger charge is 2.16. The Balaban J connectivity index is 1.84. The summed E-state index contributed by atoms with van der Waals surface area (Å²) < 4.78 is 5.53. The van der Waals surface area contributed by atoms with Gasteiger partial charge in [0.15, 0.2) is 0 Å². The van der Waals surface area contributed by atoms with E-state index in [1.165, 1.54) is 5.56 Å². The fourth-order valence-electron chi connectivity index (χ4n) is 3.20. The van der Waals surface area contributed by atoms with Gasteiger partial charge in [-0.1, -0.05) is 35.9 Å². The molecule has 0 fully saturated rings. The van der Waals surface area contributed by atoms with Gasteiger partial charge in [-0.2, -0.15) is 0 Å². The maximum atomic E-state index is 12.1. The number of ether oxygens (including phenoxy) is 1. The van der Waals surface area contributed by atoms with Crippen molar-refractivity contribution in [2.24, 2.45) is 0 Å². The minimum Gasteiger partial charge on any atom is -0.493 e. The van der Waals surface area contributed by atoms with Crippen LogP contribution >= 0.6 is 0 Å². The fourth-order valence-corrected chi connectivity index (χ4v) is 3.20. The second-order valence-electron chi connectivity index (χ2n) is 6.68. The van der Waals surface area contributed by atoms with E-state index in [0.717, 1.165) is 22.6 Å². The highest BCUT2D eigenvalue weighted by Crippen LogP contribution is 2.26. The summed E-state index contributed by atoms with van der Waals surface area (Å²) in [6.07, 6.45) is 0.275. The van der Waals surface area contributed by atoms with Crippen LogP contribution in [0, 0.1) is 20.8 Å². The molecule has 0 radical (unpaired) electrons. The summed E-state index contributed by atoms with van der Waals surface area (Å²) in [6, 6.07) is 13.5. The van der Waals surface area contributed by atoms with E-state index in [1.807, 2.05) is 51.1 Å². The molecule has 2 aromatic carbocycles. The number of nitrogens with one attached hydrogen (secondary N) is 1. The average molecular weight is 368 g/mol. The quantitative estimate of drug-likeness (QED) is 0.775. The van der Waals surface area contributed by atoms with Crippen LogP contribution in [-0.2, 0) is 9.59 Å². The SMILES string of the molecule is CC(=O)N(CCNC(=O)CCOc1ccccc1)c1c(C)cc(C)cc1C. The minimum absolute atomic E-state index is 0.0355. The van der Waals surface area contributed by atoms with Gasteiger partial charge in [-0.3, -0.25) is 9.59 Å². The molecule has 0 aromatic heterocycles. The van der Waals surface area contributed by atoms with Crippen molar-refractivity contribution in [2.45, 2.75) is 34.1 Å². The minimum atomic E-state index is -0.0909. The average Bonchev–Trinajstić information content (AvgIpc) is 2.60. The van der Waals surface area contributed by atoms with Crippen molar-refractivity contribution >= 4 is 17.5 Å². The van der Waals surface area contributed by atoms with Crippen LogP contribution in [0.15, 0.2) is 42.5 Å². The molecule has 2 rings (SSSR count). The van der Waals surface area contributed by atoms with Crippen molar-refractivity contribution in [3.05, 3.63) is 59.2 Å². The number of para-hydroxylation sites is 1. The van der Waals surface area contributed by atoms with Gasteiger partial charge >= 0.3 is 0 Å². The molecule has 0 aliphatic heterocycles. The van der Waals surface area contributed by atoms with E-state index in [1.54, 1.807) is 11.8 Å². The lowest BCUT2D eigenvalue weighted by Crippen LogP contribution is -2.38. The maximum Gasteiger partial charge on any atom is 0.223 e. The molecule has 0 spiro atoms. The molecule has 0 heterocycles. The summed E-state index contributed by atoms with van der Waals surface area (Å²) in [6.45, 7) is 8.76. The maximum absolute atomic E-state index is 12.1. The molecule has 2 aromatic rings. The summed E-state index contributed by atoms with van der Waals surface area (Å²) in [5.41, 5.74) is 4.22. The van der Waals surface area contributed by atoms with Crippen LogP contribution in [0.4, 0.5) is 5.69 Å². The van der Waals surface area contributed by atoms with Crippen LogP contribution in [0.25, 0.3) is 0 Å². The molecule has 0 aliphatic rings. The third kappa shape index (κ3) is 6.13. The van der Waals surface area contributed by atoms with Gasteiger partial charge in [0, 0.05) is 25.7 Å². The van der Waals surface area contributed by atoms with Crippen molar-refractivity contribution in [1.29, 1.82) is 0 Å². The van der Waals surface area contributed by atoms with Crippen LogP contribution in [0.3, 0.4) is 0 Å². The molecular weight excluding hydrogens is 340 g/mol. The number of hydrogen-bond donors (Lipinski definition) is 1. The number of aryl methyl sites for hydroxylation is 3. The van der Waals surface area contributed by atoms with Crippen molar-refractivity contribution < 1.29 is 14.3 Å². The Labute approximate surface area is 161 Å². The zero-order chi connectivity index (χ0) is 19.8. The molecule has 5 nitrogen and oxygen atoms in total. The first-order chi connectivity index (χ1) is 12.9. The van der Waals surface area contributed by atoms with Crippen molar-refractivity contribution in [1.82, 2.24) is 5.32 Å². The lowest BCUT2D eigenvalue weighted by molar-refractivity contribution is -0.122. The lowest BCUT2D eigenvalue weighted by atomic mass is 10.0. The predicted molar refractivity (Wildman–Crippen MR) is 108 cm³/mol. The first-order valence-electron chi connectivity index (χ1n) is 9.19. The molecule has 0 aliphatic carbocycles. The first kappa shape index (κ1) is 20.5. The Bertz CT molecular complexity index is 764. The van der Waals surface area contributed by atoms with E-state index in [9.17, 15) is 9.59 Å². The predicted octanol–water partition coefficient (Wildman–Crippen LogP) is 3.55. The van der Waals surface area contributed by atoms with E-state index < -0.39 is 0 Å². The molecule has 0 bridgehead atoms. The third-order valence-corrected chi connectivity index (χ3v) is 4.28. The fraction of sp³-hybridized carbons (Fsp3) is 0.364. The molecule has 0 saturated carbocycles. The van der Waals surface area contributed by atoms with Gasteiger partial charge in [0.1, 0.15) is 5.75 Å². The van der Waals surface area contributed by atoms with Gasteiger partial charge in [0.05, 0.1) is 13.0 Å². The Kier molecular flexibility index (Phi) is 7.41. The number of benzene rings is 2.